The van der Waals surface area contributed by atoms with Crippen LogP contribution < -0.4 is 10.0 Å². The van der Waals surface area contributed by atoms with Crippen molar-refractivity contribution in [3.8, 4) is 0 Å². The molecular weight excluding hydrogens is 272 g/mol. The third-order valence-corrected chi connectivity index (χ3v) is 4.44. The van der Waals surface area contributed by atoms with E-state index in [1.54, 1.807) is 25.1 Å². The average molecular weight is 290 g/mol. The number of nitrogens with one attached hydrogen (secondary N) is 2. The average Bonchev–Trinajstić information content (AvgIpc) is 2.46. The van der Waals surface area contributed by atoms with Crippen LogP contribution in [0.3, 0.4) is 0 Å². The van der Waals surface area contributed by atoms with Gasteiger partial charge in [0.15, 0.2) is 0 Å². The number of benzene rings is 2. The minimum Gasteiger partial charge on any atom is -0.380 e. The number of hydrogen-bond acceptors (Lipinski definition) is 3. The summed E-state index contributed by atoms with van der Waals surface area (Å²) in [4.78, 5) is 0.276. The smallest absolute Gasteiger partial charge is 0.242 e. The maximum Gasteiger partial charge on any atom is 0.242 e. The Morgan fingerprint density at radius 3 is 2.30 bits per heavy atom. The fourth-order valence-corrected chi connectivity index (χ4v) is 3.13. The van der Waals surface area contributed by atoms with Gasteiger partial charge in [-0.05, 0) is 17.7 Å². The molecule has 2 N–H and O–H groups in total. The van der Waals surface area contributed by atoms with Crippen LogP contribution in [0.1, 0.15) is 12.5 Å². The van der Waals surface area contributed by atoms with Gasteiger partial charge in [-0.2, -0.15) is 0 Å². The van der Waals surface area contributed by atoms with Crippen molar-refractivity contribution in [2.75, 3.05) is 11.9 Å². The summed E-state index contributed by atoms with van der Waals surface area (Å²) in [5.74, 6) is 0. The molecule has 0 saturated heterocycles. The number of anilines is 1. The Bertz CT molecular complexity index is 655. The second-order valence-electron chi connectivity index (χ2n) is 4.34. The van der Waals surface area contributed by atoms with Crippen molar-refractivity contribution in [2.45, 2.75) is 18.4 Å². The van der Waals surface area contributed by atoms with E-state index in [1.165, 1.54) is 0 Å². The van der Waals surface area contributed by atoms with Crippen LogP contribution in [-0.2, 0) is 16.6 Å². The third-order valence-electron chi connectivity index (χ3n) is 2.84. The van der Waals surface area contributed by atoms with Crippen molar-refractivity contribution in [3.05, 3.63) is 60.2 Å². The molecule has 0 aliphatic rings. The highest BCUT2D eigenvalue weighted by atomic mass is 32.2. The van der Waals surface area contributed by atoms with E-state index in [2.05, 4.69) is 10.0 Å². The second kappa shape index (κ2) is 6.54. The summed E-state index contributed by atoms with van der Waals surface area (Å²) in [7, 11) is -3.46. The van der Waals surface area contributed by atoms with Crippen LogP contribution in [0.25, 0.3) is 0 Å². The van der Waals surface area contributed by atoms with Crippen molar-refractivity contribution in [1.82, 2.24) is 4.72 Å². The SMILES string of the molecule is CCNS(=O)(=O)c1ccccc1NCc1ccccc1. The highest BCUT2D eigenvalue weighted by Gasteiger charge is 2.16. The van der Waals surface area contributed by atoms with Crippen molar-refractivity contribution in [2.24, 2.45) is 0 Å². The number of sulfonamides is 1. The zero-order valence-corrected chi connectivity index (χ0v) is 12.2. The van der Waals surface area contributed by atoms with Crippen LogP contribution in [-0.4, -0.2) is 15.0 Å². The summed E-state index contributed by atoms with van der Waals surface area (Å²) >= 11 is 0. The zero-order chi connectivity index (χ0) is 14.4. The van der Waals surface area contributed by atoms with Crippen LogP contribution in [0, 0.1) is 0 Å². The minimum atomic E-state index is -3.46. The van der Waals surface area contributed by atoms with Gasteiger partial charge in [-0.1, -0.05) is 49.4 Å². The van der Waals surface area contributed by atoms with E-state index in [0.29, 0.717) is 18.8 Å². The largest absolute Gasteiger partial charge is 0.380 e. The van der Waals surface area contributed by atoms with Gasteiger partial charge in [-0.3, -0.25) is 0 Å². The van der Waals surface area contributed by atoms with Crippen LogP contribution in [0.4, 0.5) is 5.69 Å². The predicted molar refractivity (Wildman–Crippen MR) is 81.1 cm³/mol. The van der Waals surface area contributed by atoms with E-state index in [-0.39, 0.29) is 4.90 Å². The number of rotatable bonds is 6. The summed E-state index contributed by atoms with van der Waals surface area (Å²) in [6.45, 7) is 2.71. The molecule has 5 heteroatoms. The predicted octanol–water partition coefficient (Wildman–Crippen LogP) is 2.60. The van der Waals surface area contributed by atoms with Gasteiger partial charge in [0, 0.05) is 13.1 Å². The van der Waals surface area contributed by atoms with Gasteiger partial charge in [-0.25, -0.2) is 13.1 Å². The van der Waals surface area contributed by atoms with Crippen LogP contribution >= 0.6 is 0 Å². The van der Waals surface area contributed by atoms with Crippen molar-refractivity contribution in [1.29, 1.82) is 0 Å². The van der Waals surface area contributed by atoms with Crippen molar-refractivity contribution >= 4 is 15.7 Å². The topological polar surface area (TPSA) is 58.2 Å². The molecule has 4 nitrogen and oxygen atoms in total. The van der Waals surface area contributed by atoms with Gasteiger partial charge in [0.05, 0.1) is 5.69 Å². The monoisotopic (exact) mass is 290 g/mol. The van der Waals surface area contributed by atoms with E-state index in [4.69, 9.17) is 0 Å². The molecule has 0 spiro atoms. The van der Waals surface area contributed by atoms with Crippen LogP contribution in [0.2, 0.25) is 0 Å². The number of hydrogen-bond donors (Lipinski definition) is 2. The molecule has 0 aromatic heterocycles. The van der Waals surface area contributed by atoms with Gasteiger partial charge in [0.25, 0.3) is 0 Å². The Balaban J connectivity index is 2.21. The van der Waals surface area contributed by atoms with Crippen molar-refractivity contribution < 1.29 is 8.42 Å². The summed E-state index contributed by atoms with van der Waals surface area (Å²) in [6, 6.07) is 16.8. The quantitative estimate of drug-likeness (QED) is 0.859. The fourth-order valence-electron chi connectivity index (χ4n) is 1.91. The lowest BCUT2D eigenvalue weighted by Gasteiger charge is -2.12. The highest BCUT2D eigenvalue weighted by Crippen LogP contribution is 2.21. The molecular formula is C15H18N2O2S. The lowest BCUT2D eigenvalue weighted by Crippen LogP contribution is -2.24. The molecule has 20 heavy (non-hydrogen) atoms. The third kappa shape index (κ3) is 3.59. The first-order valence-electron chi connectivity index (χ1n) is 6.50. The minimum absolute atomic E-state index is 0.276. The van der Waals surface area contributed by atoms with E-state index >= 15 is 0 Å². The van der Waals surface area contributed by atoms with Gasteiger partial charge in [0.1, 0.15) is 4.90 Å². The molecule has 0 bridgehead atoms. The Morgan fingerprint density at radius 2 is 1.60 bits per heavy atom. The second-order valence-corrected chi connectivity index (χ2v) is 6.07. The van der Waals surface area contributed by atoms with E-state index in [1.807, 2.05) is 36.4 Å². The molecule has 2 rings (SSSR count). The van der Waals surface area contributed by atoms with Gasteiger partial charge in [-0.15, -0.1) is 0 Å². The molecule has 0 heterocycles. The molecule has 0 atom stereocenters. The van der Waals surface area contributed by atoms with Gasteiger partial charge < -0.3 is 5.32 Å². The van der Waals surface area contributed by atoms with Gasteiger partial charge >= 0.3 is 0 Å². The lowest BCUT2D eigenvalue weighted by molar-refractivity contribution is 0.584. The molecule has 0 aliphatic heterocycles. The molecule has 0 unspecified atom stereocenters. The summed E-state index contributed by atoms with van der Waals surface area (Å²) in [5, 5.41) is 3.17. The first-order valence-corrected chi connectivity index (χ1v) is 7.98. The van der Waals surface area contributed by atoms with E-state index < -0.39 is 10.0 Å². The summed E-state index contributed by atoms with van der Waals surface area (Å²) < 4.78 is 26.7. The molecule has 106 valence electrons. The van der Waals surface area contributed by atoms with Crippen LogP contribution in [0.15, 0.2) is 59.5 Å². The van der Waals surface area contributed by atoms with E-state index in [0.717, 1.165) is 5.56 Å². The molecule has 2 aromatic rings. The molecule has 0 amide bonds. The first kappa shape index (κ1) is 14.6. The Hall–Kier alpha value is -1.85. The summed E-state index contributed by atoms with van der Waals surface area (Å²) in [6.07, 6.45) is 0. The summed E-state index contributed by atoms with van der Waals surface area (Å²) in [5.41, 5.74) is 1.71. The van der Waals surface area contributed by atoms with Crippen molar-refractivity contribution in [3.63, 3.8) is 0 Å². The molecule has 0 radical (unpaired) electrons. The van der Waals surface area contributed by atoms with Gasteiger partial charge in [0.2, 0.25) is 10.0 Å². The molecule has 0 fully saturated rings. The maximum atomic E-state index is 12.1. The normalized spacial score (nSPS) is 11.2. The fraction of sp³-hybridized carbons (Fsp3) is 0.200. The highest BCUT2D eigenvalue weighted by molar-refractivity contribution is 7.89. The Morgan fingerprint density at radius 1 is 0.950 bits per heavy atom. The van der Waals surface area contributed by atoms with Crippen LogP contribution in [0.5, 0.6) is 0 Å². The molecule has 2 aromatic carbocycles. The zero-order valence-electron chi connectivity index (χ0n) is 11.3. The Kier molecular flexibility index (Phi) is 4.76. The first-order chi connectivity index (χ1) is 9.63. The Labute approximate surface area is 119 Å². The lowest BCUT2D eigenvalue weighted by atomic mass is 10.2. The standard InChI is InChI=1S/C15H18N2O2S/c1-2-17-20(18,19)15-11-7-6-10-14(15)16-12-13-8-4-3-5-9-13/h3-11,16-17H,2,12H2,1H3. The number of para-hydroxylation sites is 1. The maximum absolute atomic E-state index is 12.1. The molecule has 0 aliphatic carbocycles. The molecule has 0 saturated carbocycles. The van der Waals surface area contributed by atoms with E-state index in [9.17, 15) is 8.42 Å².